The van der Waals surface area contributed by atoms with Gasteiger partial charge < -0.3 is 35.8 Å². The SMILES string of the molecule is COc1ccc(CC(=O)Cc2cc(N(C)C)c3c(c2O)C(=O)C2=C(O)[C@]4(O)C(=O)C(C(N)=O)=C(O)[C@H](N(C)C)[C@@H]4C[C@@H]2C3)cc1. The molecule has 0 aliphatic heterocycles. The molecule has 0 heterocycles. The molecule has 3 aliphatic rings. The van der Waals surface area contributed by atoms with Gasteiger partial charge in [0.25, 0.3) is 5.91 Å². The Balaban J connectivity index is 1.60. The van der Waals surface area contributed by atoms with E-state index in [1.165, 1.54) is 4.90 Å². The molecule has 0 aromatic heterocycles. The number of methoxy groups -OCH3 is 1. The number of aliphatic hydroxyl groups excluding tert-OH is 2. The van der Waals surface area contributed by atoms with Crippen molar-refractivity contribution >= 4 is 28.9 Å². The van der Waals surface area contributed by atoms with Crippen LogP contribution in [0, 0.1) is 11.8 Å². The fraction of sp³-hybridized carbons (Fsp3) is 0.394. The van der Waals surface area contributed by atoms with Crippen molar-refractivity contribution in [1.29, 1.82) is 0 Å². The summed E-state index contributed by atoms with van der Waals surface area (Å²) < 4.78 is 5.16. The average molecular weight is 620 g/mol. The maximum Gasteiger partial charge on any atom is 0.255 e. The summed E-state index contributed by atoms with van der Waals surface area (Å²) >= 11 is 0. The van der Waals surface area contributed by atoms with Gasteiger partial charge in [0.1, 0.15) is 34.4 Å². The quantitative estimate of drug-likeness (QED) is 0.270. The number of nitrogens with zero attached hydrogens (tertiary/aromatic N) is 2. The van der Waals surface area contributed by atoms with Crippen LogP contribution in [0.25, 0.3) is 0 Å². The second kappa shape index (κ2) is 11.4. The summed E-state index contributed by atoms with van der Waals surface area (Å²) in [5, 5.41) is 45.7. The number of hydrogen-bond acceptors (Lipinski definition) is 11. The number of aromatic hydroxyl groups is 1. The number of ether oxygens (including phenoxy) is 1. The minimum absolute atomic E-state index is 0.0124. The standard InChI is InChI=1S/C33H37N3O9/c1-35(2)22-14-17(11-18(37)10-15-6-8-19(45-5)9-7-15)27(38)24-20(22)12-16-13-21-26(36(3)4)29(40)25(32(34)43)31(42)33(21,44)30(41)23(16)28(24)39/h6-9,14,16,21,26,38,40-41,44H,10-13H2,1-5H3,(H2,34,43)/t16-,21-,26+,33-/m0/s1. The minimum Gasteiger partial charge on any atom is -0.510 e. The van der Waals surface area contributed by atoms with Gasteiger partial charge in [-0.15, -0.1) is 0 Å². The predicted octanol–water partition coefficient (Wildman–Crippen LogP) is 1.55. The summed E-state index contributed by atoms with van der Waals surface area (Å²) in [6.07, 6.45) is 0.0257. The highest BCUT2D eigenvalue weighted by atomic mass is 16.5. The van der Waals surface area contributed by atoms with Gasteiger partial charge in [-0.05, 0) is 62.2 Å². The molecule has 4 atom stereocenters. The van der Waals surface area contributed by atoms with Crippen molar-refractivity contribution in [3.05, 3.63) is 75.3 Å². The van der Waals surface area contributed by atoms with Crippen LogP contribution in [0.2, 0.25) is 0 Å². The molecular formula is C33H37N3O9. The van der Waals surface area contributed by atoms with Crippen LogP contribution < -0.4 is 15.4 Å². The second-order valence-electron chi connectivity index (χ2n) is 12.4. The Labute approximate surface area is 260 Å². The number of carbonyl (C=O) groups is 4. The number of fused-ring (bicyclic) bond motifs is 3. The molecule has 238 valence electrons. The summed E-state index contributed by atoms with van der Waals surface area (Å²) in [7, 11) is 8.22. The Bertz CT molecular complexity index is 1690. The Kier molecular flexibility index (Phi) is 8.01. The summed E-state index contributed by atoms with van der Waals surface area (Å²) in [5.74, 6) is -6.75. The third-order valence-electron chi connectivity index (χ3n) is 9.21. The van der Waals surface area contributed by atoms with Crippen molar-refractivity contribution in [2.24, 2.45) is 17.6 Å². The highest BCUT2D eigenvalue weighted by molar-refractivity contribution is 6.25. The van der Waals surface area contributed by atoms with Crippen molar-refractivity contribution in [1.82, 2.24) is 4.90 Å². The number of nitrogens with two attached hydrogens (primary N) is 1. The predicted molar refractivity (Wildman–Crippen MR) is 163 cm³/mol. The molecule has 0 spiro atoms. The van der Waals surface area contributed by atoms with E-state index in [4.69, 9.17) is 10.5 Å². The first-order valence-corrected chi connectivity index (χ1v) is 14.5. The molecular weight excluding hydrogens is 582 g/mol. The molecule has 2 aromatic rings. The molecule has 6 N–H and O–H groups in total. The van der Waals surface area contributed by atoms with E-state index in [1.54, 1.807) is 70.5 Å². The molecule has 2 aromatic carbocycles. The maximum absolute atomic E-state index is 14.2. The number of anilines is 1. The van der Waals surface area contributed by atoms with Gasteiger partial charge >= 0.3 is 0 Å². The number of ketones is 3. The van der Waals surface area contributed by atoms with Crippen LogP contribution in [0.4, 0.5) is 5.69 Å². The van der Waals surface area contributed by atoms with Gasteiger partial charge in [-0.2, -0.15) is 0 Å². The molecule has 5 rings (SSSR count). The van der Waals surface area contributed by atoms with E-state index < -0.39 is 63.8 Å². The number of phenols is 1. The fourth-order valence-corrected chi connectivity index (χ4v) is 7.13. The van der Waals surface area contributed by atoms with Gasteiger partial charge in [0.05, 0.1) is 18.7 Å². The van der Waals surface area contributed by atoms with Gasteiger partial charge in [-0.1, -0.05) is 12.1 Å². The van der Waals surface area contributed by atoms with E-state index in [9.17, 15) is 39.6 Å². The van der Waals surface area contributed by atoms with E-state index in [1.807, 2.05) is 0 Å². The molecule has 12 nitrogen and oxygen atoms in total. The number of Topliss-reactive ketones (excluding diaryl/α,β-unsaturated/α-hetero) is 3. The lowest BCUT2D eigenvalue weighted by molar-refractivity contribution is -0.148. The fourth-order valence-electron chi connectivity index (χ4n) is 7.13. The topological polar surface area (TPSA) is 191 Å². The van der Waals surface area contributed by atoms with Crippen LogP contribution >= 0.6 is 0 Å². The first kappa shape index (κ1) is 31.7. The average Bonchev–Trinajstić information content (AvgIpc) is 2.96. The van der Waals surface area contributed by atoms with E-state index in [0.29, 0.717) is 17.0 Å². The van der Waals surface area contributed by atoms with Crippen molar-refractivity contribution in [2.45, 2.75) is 37.3 Å². The van der Waals surface area contributed by atoms with Crippen LogP contribution in [0.3, 0.4) is 0 Å². The molecule has 1 amide bonds. The minimum atomic E-state index is -2.73. The molecule has 0 saturated carbocycles. The number of hydrogen-bond donors (Lipinski definition) is 5. The highest BCUT2D eigenvalue weighted by Gasteiger charge is 2.63. The van der Waals surface area contributed by atoms with Crippen LogP contribution in [0.1, 0.15) is 33.5 Å². The molecule has 45 heavy (non-hydrogen) atoms. The second-order valence-corrected chi connectivity index (χ2v) is 12.4. The van der Waals surface area contributed by atoms with Gasteiger partial charge in [-0.25, -0.2) is 0 Å². The monoisotopic (exact) mass is 619 g/mol. The molecule has 0 radical (unpaired) electrons. The van der Waals surface area contributed by atoms with E-state index in [-0.39, 0.29) is 48.2 Å². The van der Waals surface area contributed by atoms with Crippen LogP contribution in [0.15, 0.2) is 53.0 Å². The van der Waals surface area contributed by atoms with Crippen LogP contribution in [-0.2, 0) is 33.6 Å². The van der Waals surface area contributed by atoms with Gasteiger partial charge in [0.15, 0.2) is 11.4 Å². The number of likely N-dealkylation sites (N-methyl/N-ethyl adjacent to an activating group) is 1. The number of phenolic OH excluding ortho intramolecular Hbond substituents is 1. The zero-order chi connectivity index (χ0) is 33.1. The maximum atomic E-state index is 14.2. The van der Waals surface area contributed by atoms with Gasteiger partial charge in [0.2, 0.25) is 5.78 Å². The number of amides is 1. The number of primary amides is 1. The normalized spacial score (nSPS) is 24.3. The zero-order valence-corrected chi connectivity index (χ0v) is 25.7. The number of carbonyl (C=O) groups excluding carboxylic acids is 4. The lowest BCUT2D eigenvalue weighted by Gasteiger charge is -2.50. The van der Waals surface area contributed by atoms with Crippen molar-refractivity contribution < 1.29 is 44.3 Å². The largest absolute Gasteiger partial charge is 0.510 e. The highest BCUT2D eigenvalue weighted by Crippen LogP contribution is 2.53. The summed E-state index contributed by atoms with van der Waals surface area (Å²) in [6, 6.07) is 7.60. The van der Waals surface area contributed by atoms with Crippen molar-refractivity contribution in [2.75, 3.05) is 40.2 Å². The van der Waals surface area contributed by atoms with Gasteiger partial charge in [-0.3, -0.25) is 24.1 Å². The van der Waals surface area contributed by atoms with Crippen LogP contribution in [0.5, 0.6) is 11.5 Å². The summed E-state index contributed by atoms with van der Waals surface area (Å²) in [4.78, 5) is 56.3. The van der Waals surface area contributed by atoms with E-state index >= 15 is 0 Å². The number of benzene rings is 2. The lowest BCUT2D eigenvalue weighted by atomic mass is 9.58. The third-order valence-corrected chi connectivity index (χ3v) is 9.21. The van der Waals surface area contributed by atoms with Crippen molar-refractivity contribution in [3.8, 4) is 11.5 Å². The Hall–Kier alpha value is -4.68. The first-order chi connectivity index (χ1) is 21.1. The number of rotatable bonds is 8. The summed E-state index contributed by atoms with van der Waals surface area (Å²) in [5.41, 5.74) is 3.46. The lowest BCUT2D eigenvalue weighted by Crippen LogP contribution is -2.63. The Morgan fingerprint density at radius 2 is 1.69 bits per heavy atom. The first-order valence-electron chi connectivity index (χ1n) is 14.5. The molecule has 0 unspecified atom stereocenters. The van der Waals surface area contributed by atoms with Crippen molar-refractivity contribution in [3.63, 3.8) is 0 Å². The zero-order valence-electron chi connectivity index (χ0n) is 25.7. The third kappa shape index (κ3) is 4.94. The Morgan fingerprint density at radius 3 is 2.24 bits per heavy atom. The van der Waals surface area contributed by atoms with Gasteiger partial charge in [0, 0.05) is 49.7 Å². The Morgan fingerprint density at radius 1 is 1.04 bits per heavy atom. The summed E-state index contributed by atoms with van der Waals surface area (Å²) in [6.45, 7) is 0. The molecule has 0 fully saturated rings. The molecule has 3 aliphatic carbocycles. The molecule has 12 heteroatoms. The van der Waals surface area contributed by atoms with Crippen LogP contribution in [-0.4, -0.2) is 95.5 Å². The smallest absolute Gasteiger partial charge is 0.255 e. The van der Waals surface area contributed by atoms with E-state index in [2.05, 4.69) is 0 Å². The molecule has 0 bridgehead atoms. The molecule has 0 saturated heterocycles. The number of aliphatic hydroxyl groups is 3. The van der Waals surface area contributed by atoms with E-state index in [0.717, 1.165) is 5.56 Å². The number of allylic oxidation sites excluding steroid dienone is 1.